The lowest BCUT2D eigenvalue weighted by Gasteiger charge is -2.18. The highest BCUT2D eigenvalue weighted by atomic mass is 35.5. The summed E-state index contributed by atoms with van der Waals surface area (Å²) in [6.07, 6.45) is 0.695. The normalized spacial score (nSPS) is 20.1. The summed E-state index contributed by atoms with van der Waals surface area (Å²) < 4.78 is 26.5. The zero-order valence-electron chi connectivity index (χ0n) is 11.5. The van der Waals surface area contributed by atoms with Crippen LogP contribution in [0.1, 0.15) is 31.7 Å². The molecule has 1 unspecified atom stereocenters. The van der Waals surface area contributed by atoms with E-state index in [9.17, 15) is 8.42 Å². The van der Waals surface area contributed by atoms with Gasteiger partial charge in [-0.1, -0.05) is 31.5 Å². The van der Waals surface area contributed by atoms with Gasteiger partial charge in [0.15, 0.2) is 0 Å². The number of sulfonamides is 1. The Morgan fingerprint density at radius 2 is 2.05 bits per heavy atom. The van der Waals surface area contributed by atoms with E-state index in [0.717, 1.165) is 5.56 Å². The summed E-state index contributed by atoms with van der Waals surface area (Å²) in [6, 6.07) is 5.11. The van der Waals surface area contributed by atoms with E-state index in [1.165, 1.54) is 4.31 Å². The number of halogens is 2. The van der Waals surface area contributed by atoms with Crippen LogP contribution in [0.15, 0.2) is 23.1 Å². The van der Waals surface area contributed by atoms with Gasteiger partial charge >= 0.3 is 0 Å². The van der Waals surface area contributed by atoms with E-state index in [1.54, 1.807) is 12.1 Å². The van der Waals surface area contributed by atoms with Crippen molar-refractivity contribution in [3.8, 4) is 0 Å². The first-order chi connectivity index (χ1) is 8.82. The Balaban J connectivity index is 0.00000200. The average molecular weight is 339 g/mol. The monoisotopic (exact) mass is 338 g/mol. The summed E-state index contributed by atoms with van der Waals surface area (Å²) in [4.78, 5) is 0.189. The molecule has 2 N–H and O–H groups in total. The molecule has 1 aromatic rings. The standard InChI is InChI=1S/C13H19ClN2O2S.ClH/c1-9(2)10-3-4-12(14)13(7-10)19(17,18)16-6-5-11(15)8-16;/h3-4,7,9,11H,5-6,8,15H2,1-2H3;1H. The van der Waals surface area contributed by atoms with Gasteiger partial charge in [-0.15, -0.1) is 12.4 Å². The smallest absolute Gasteiger partial charge is 0.244 e. The maximum Gasteiger partial charge on any atom is 0.244 e. The van der Waals surface area contributed by atoms with Crippen LogP contribution in [-0.4, -0.2) is 31.9 Å². The number of rotatable bonds is 3. The van der Waals surface area contributed by atoms with Crippen molar-refractivity contribution in [3.05, 3.63) is 28.8 Å². The van der Waals surface area contributed by atoms with E-state index < -0.39 is 10.0 Å². The summed E-state index contributed by atoms with van der Waals surface area (Å²) in [5.74, 6) is 0.257. The third kappa shape index (κ3) is 3.46. The fourth-order valence-electron chi connectivity index (χ4n) is 2.19. The maximum absolute atomic E-state index is 12.6. The zero-order valence-corrected chi connectivity index (χ0v) is 13.9. The van der Waals surface area contributed by atoms with Gasteiger partial charge in [0.2, 0.25) is 10.0 Å². The summed E-state index contributed by atoms with van der Waals surface area (Å²) in [5.41, 5.74) is 6.74. The van der Waals surface area contributed by atoms with Crippen molar-refractivity contribution in [2.75, 3.05) is 13.1 Å². The Hall–Kier alpha value is -0.330. The third-order valence-corrected chi connectivity index (χ3v) is 5.77. The van der Waals surface area contributed by atoms with E-state index >= 15 is 0 Å². The lowest BCUT2D eigenvalue weighted by atomic mass is 10.0. The largest absolute Gasteiger partial charge is 0.326 e. The van der Waals surface area contributed by atoms with Crippen molar-refractivity contribution in [1.82, 2.24) is 4.31 Å². The van der Waals surface area contributed by atoms with Gasteiger partial charge in [-0.05, 0) is 30.0 Å². The van der Waals surface area contributed by atoms with Crippen molar-refractivity contribution in [2.24, 2.45) is 5.73 Å². The van der Waals surface area contributed by atoms with Gasteiger partial charge in [0.1, 0.15) is 4.90 Å². The van der Waals surface area contributed by atoms with Crippen molar-refractivity contribution < 1.29 is 8.42 Å². The molecule has 7 heteroatoms. The maximum atomic E-state index is 12.6. The van der Waals surface area contributed by atoms with Crippen molar-refractivity contribution >= 4 is 34.0 Å². The van der Waals surface area contributed by atoms with Crippen LogP contribution in [0.25, 0.3) is 0 Å². The number of benzene rings is 1. The van der Waals surface area contributed by atoms with Gasteiger partial charge in [0.05, 0.1) is 5.02 Å². The molecule has 1 heterocycles. The minimum absolute atomic E-state index is 0. The molecule has 0 spiro atoms. The van der Waals surface area contributed by atoms with Gasteiger partial charge in [-0.2, -0.15) is 4.31 Å². The van der Waals surface area contributed by atoms with E-state index in [4.69, 9.17) is 17.3 Å². The van der Waals surface area contributed by atoms with Crippen molar-refractivity contribution in [2.45, 2.75) is 37.1 Å². The van der Waals surface area contributed by atoms with E-state index in [1.807, 2.05) is 19.9 Å². The quantitative estimate of drug-likeness (QED) is 0.921. The van der Waals surface area contributed by atoms with Gasteiger partial charge in [-0.25, -0.2) is 8.42 Å². The Morgan fingerprint density at radius 3 is 2.55 bits per heavy atom. The van der Waals surface area contributed by atoms with E-state index in [-0.39, 0.29) is 34.3 Å². The minimum Gasteiger partial charge on any atom is -0.326 e. The molecule has 4 nitrogen and oxygen atoms in total. The summed E-state index contributed by atoms with van der Waals surface area (Å²) in [5, 5.41) is 0.268. The van der Waals surface area contributed by atoms with Gasteiger partial charge in [0.25, 0.3) is 0 Å². The molecule has 0 aliphatic carbocycles. The fraction of sp³-hybridized carbons (Fsp3) is 0.538. The second kappa shape index (κ2) is 6.62. The van der Waals surface area contributed by atoms with Crippen LogP contribution in [0.2, 0.25) is 5.02 Å². The minimum atomic E-state index is -3.54. The molecule has 0 saturated carbocycles. The molecule has 0 aromatic heterocycles. The second-order valence-electron chi connectivity index (χ2n) is 5.26. The molecule has 1 aliphatic rings. The third-order valence-electron chi connectivity index (χ3n) is 3.43. The fourth-order valence-corrected chi connectivity index (χ4v) is 4.21. The SMILES string of the molecule is CC(C)c1ccc(Cl)c(S(=O)(=O)N2CCC(N)C2)c1.Cl. The first-order valence-corrected chi connectivity index (χ1v) is 8.19. The molecule has 1 aromatic carbocycles. The topological polar surface area (TPSA) is 63.4 Å². The van der Waals surface area contributed by atoms with Crippen LogP contribution in [0.5, 0.6) is 0 Å². The molecule has 1 fully saturated rings. The molecule has 20 heavy (non-hydrogen) atoms. The summed E-state index contributed by atoms with van der Waals surface area (Å²) in [7, 11) is -3.54. The Labute approximate surface area is 131 Å². The molecule has 0 bridgehead atoms. The van der Waals surface area contributed by atoms with Crippen molar-refractivity contribution in [3.63, 3.8) is 0 Å². The molecule has 0 radical (unpaired) electrons. The second-order valence-corrected chi connectivity index (χ2v) is 7.57. The van der Waals surface area contributed by atoms with Gasteiger partial charge in [0, 0.05) is 19.1 Å². The van der Waals surface area contributed by atoms with Crippen LogP contribution in [0, 0.1) is 0 Å². The van der Waals surface area contributed by atoms with Gasteiger partial charge in [-0.3, -0.25) is 0 Å². The predicted octanol–water partition coefficient (Wildman–Crippen LogP) is 2.61. The highest BCUT2D eigenvalue weighted by Crippen LogP contribution is 2.29. The Morgan fingerprint density at radius 1 is 1.40 bits per heavy atom. The lowest BCUT2D eigenvalue weighted by Crippen LogP contribution is -2.32. The Kier molecular flexibility index (Phi) is 5.87. The van der Waals surface area contributed by atoms with Crippen LogP contribution >= 0.6 is 24.0 Å². The number of nitrogens with zero attached hydrogens (tertiary/aromatic N) is 1. The van der Waals surface area contributed by atoms with E-state index in [0.29, 0.717) is 19.5 Å². The van der Waals surface area contributed by atoms with Crippen molar-refractivity contribution in [1.29, 1.82) is 0 Å². The summed E-state index contributed by atoms with van der Waals surface area (Å²) in [6.45, 7) is 4.87. The number of hydrogen-bond acceptors (Lipinski definition) is 3. The van der Waals surface area contributed by atoms with Crippen LogP contribution in [0.4, 0.5) is 0 Å². The first-order valence-electron chi connectivity index (χ1n) is 6.37. The number of hydrogen-bond donors (Lipinski definition) is 1. The number of nitrogens with two attached hydrogens (primary N) is 1. The van der Waals surface area contributed by atoms with Crippen LogP contribution in [-0.2, 0) is 10.0 Å². The summed E-state index contributed by atoms with van der Waals surface area (Å²) >= 11 is 6.06. The molecular weight excluding hydrogens is 319 g/mol. The van der Waals surface area contributed by atoms with Crippen LogP contribution < -0.4 is 5.73 Å². The Bertz CT molecular complexity index is 576. The molecule has 1 atom stereocenters. The molecule has 1 saturated heterocycles. The van der Waals surface area contributed by atoms with E-state index in [2.05, 4.69) is 0 Å². The molecule has 0 amide bonds. The molecule has 2 rings (SSSR count). The molecule has 114 valence electrons. The first kappa shape index (κ1) is 17.7. The highest BCUT2D eigenvalue weighted by molar-refractivity contribution is 7.89. The van der Waals surface area contributed by atoms with Crippen LogP contribution in [0.3, 0.4) is 0 Å². The highest BCUT2D eigenvalue weighted by Gasteiger charge is 2.32. The lowest BCUT2D eigenvalue weighted by molar-refractivity contribution is 0.472. The molecular formula is C13H20Cl2N2O2S. The zero-order chi connectivity index (χ0) is 14.2. The molecule has 1 aliphatic heterocycles. The van der Waals surface area contributed by atoms with Gasteiger partial charge < -0.3 is 5.73 Å². The average Bonchev–Trinajstić information content (AvgIpc) is 2.76. The predicted molar refractivity (Wildman–Crippen MR) is 84.1 cm³/mol.